The zero-order valence-electron chi connectivity index (χ0n) is 15.8. The van der Waals surface area contributed by atoms with Gasteiger partial charge in [0.1, 0.15) is 18.5 Å². The van der Waals surface area contributed by atoms with Crippen LogP contribution in [0.25, 0.3) is 11.1 Å². The molecule has 30 heavy (non-hydrogen) atoms. The van der Waals surface area contributed by atoms with Crippen LogP contribution in [0, 0.1) is 11.6 Å². The summed E-state index contributed by atoms with van der Waals surface area (Å²) in [5.41, 5.74) is 2.14. The van der Waals surface area contributed by atoms with Gasteiger partial charge in [0.05, 0.1) is 0 Å². The number of hydrogen-bond acceptors (Lipinski definition) is 3. The Bertz CT molecular complexity index is 1080. The quantitative estimate of drug-likeness (QED) is 0.581. The van der Waals surface area contributed by atoms with Gasteiger partial charge in [-0.3, -0.25) is 0 Å². The Hall–Kier alpha value is -3.12. The number of hydrogen-bond donors (Lipinski definition) is 1. The van der Waals surface area contributed by atoms with Gasteiger partial charge in [0, 0.05) is 34.7 Å². The number of carbonyl (C=O) groups excluding carboxylic acids is 1. The van der Waals surface area contributed by atoms with Gasteiger partial charge < -0.3 is 14.8 Å². The van der Waals surface area contributed by atoms with Crippen LogP contribution in [0.4, 0.5) is 13.6 Å². The van der Waals surface area contributed by atoms with Crippen molar-refractivity contribution in [2.45, 2.75) is 19.1 Å². The van der Waals surface area contributed by atoms with Crippen LogP contribution < -0.4 is 10.1 Å². The number of alkyl carbamates (subject to hydrolysis) is 1. The van der Waals surface area contributed by atoms with E-state index in [4.69, 9.17) is 21.1 Å². The van der Waals surface area contributed by atoms with Gasteiger partial charge in [0.15, 0.2) is 11.6 Å². The summed E-state index contributed by atoms with van der Waals surface area (Å²) in [6.45, 7) is 0.363. The van der Waals surface area contributed by atoms with Gasteiger partial charge >= 0.3 is 6.09 Å². The number of carbonyl (C=O) groups is 1. The second-order valence-electron chi connectivity index (χ2n) is 6.92. The Morgan fingerprint density at radius 2 is 1.90 bits per heavy atom. The summed E-state index contributed by atoms with van der Waals surface area (Å²) in [6, 6.07) is 16.7. The van der Waals surface area contributed by atoms with Gasteiger partial charge in [-0.15, -0.1) is 0 Å². The molecule has 3 aromatic rings. The molecule has 0 aromatic heterocycles. The Morgan fingerprint density at radius 1 is 1.10 bits per heavy atom. The first-order valence-electron chi connectivity index (χ1n) is 9.39. The fraction of sp³-hybridized carbons (Fsp3) is 0.174. The molecule has 0 saturated heterocycles. The lowest BCUT2D eigenvalue weighted by Gasteiger charge is -2.14. The van der Waals surface area contributed by atoms with Crippen LogP contribution in [0.5, 0.6) is 5.75 Å². The second kappa shape index (κ2) is 8.71. The molecule has 4 nitrogen and oxygen atoms in total. The first-order chi connectivity index (χ1) is 14.5. The summed E-state index contributed by atoms with van der Waals surface area (Å²) in [5.74, 6) is -1.50. The van der Waals surface area contributed by atoms with Crippen molar-refractivity contribution in [2.24, 2.45) is 0 Å². The van der Waals surface area contributed by atoms with E-state index in [1.165, 1.54) is 18.2 Å². The highest BCUT2D eigenvalue weighted by Crippen LogP contribution is 2.42. The van der Waals surface area contributed by atoms with E-state index in [2.05, 4.69) is 5.32 Å². The van der Waals surface area contributed by atoms with Crippen molar-refractivity contribution in [2.75, 3.05) is 6.61 Å². The molecule has 1 amide bonds. The zero-order chi connectivity index (χ0) is 21.1. The minimum atomic E-state index is -0.967. The molecule has 0 saturated carbocycles. The molecule has 1 N–H and O–H groups in total. The van der Waals surface area contributed by atoms with Crippen molar-refractivity contribution in [3.63, 3.8) is 0 Å². The minimum absolute atomic E-state index is 0.0119. The summed E-state index contributed by atoms with van der Waals surface area (Å²) in [6.07, 6.45) is -0.574. The highest BCUT2D eigenvalue weighted by atomic mass is 35.5. The maximum absolute atomic E-state index is 14.3. The standard InChI is InChI=1S/C23H18ClF2NO3/c24-16-9-15-10-17(13-29-23(28)27-12-14-5-2-1-3-6-14)30-22(15)19(11-16)18-7-4-8-20(25)21(18)26/h1-9,11,17H,10,12-13H2,(H,27,28). The molecule has 7 heteroatoms. The van der Waals surface area contributed by atoms with E-state index in [0.717, 1.165) is 17.2 Å². The van der Waals surface area contributed by atoms with Crippen molar-refractivity contribution >= 4 is 17.7 Å². The molecular formula is C23H18ClF2NO3. The highest BCUT2D eigenvalue weighted by Gasteiger charge is 2.29. The Morgan fingerprint density at radius 3 is 2.70 bits per heavy atom. The number of nitrogens with one attached hydrogen (secondary N) is 1. The average Bonchev–Trinajstić information content (AvgIpc) is 3.16. The smallest absolute Gasteiger partial charge is 0.407 e. The van der Waals surface area contributed by atoms with E-state index in [0.29, 0.717) is 29.3 Å². The molecule has 0 radical (unpaired) electrons. The van der Waals surface area contributed by atoms with E-state index in [1.54, 1.807) is 6.07 Å². The number of halogens is 3. The van der Waals surface area contributed by atoms with Crippen LogP contribution in [0.2, 0.25) is 5.02 Å². The fourth-order valence-electron chi connectivity index (χ4n) is 3.39. The normalized spacial score (nSPS) is 14.7. The van der Waals surface area contributed by atoms with Crippen LogP contribution in [-0.2, 0) is 17.7 Å². The maximum Gasteiger partial charge on any atom is 0.407 e. The number of rotatable bonds is 5. The van der Waals surface area contributed by atoms with Crippen LogP contribution in [0.15, 0.2) is 60.7 Å². The predicted molar refractivity (Wildman–Crippen MR) is 110 cm³/mol. The lowest BCUT2D eigenvalue weighted by molar-refractivity contribution is 0.0924. The third-order valence-corrected chi connectivity index (χ3v) is 5.00. The summed E-state index contributed by atoms with van der Waals surface area (Å²) in [7, 11) is 0. The molecule has 0 fully saturated rings. The van der Waals surface area contributed by atoms with E-state index in [1.807, 2.05) is 30.3 Å². The van der Waals surface area contributed by atoms with E-state index < -0.39 is 23.8 Å². The lowest BCUT2D eigenvalue weighted by Crippen LogP contribution is -2.29. The SMILES string of the molecule is O=C(NCc1ccccc1)OCC1Cc2cc(Cl)cc(-c3cccc(F)c3F)c2O1. The van der Waals surface area contributed by atoms with Gasteiger partial charge in [-0.1, -0.05) is 54.1 Å². The number of amides is 1. The molecule has 1 unspecified atom stereocenters. The Kier molecular flexibility index (Phi) is 5.86. The summed E-state index contributed by atoms with van der Waals surface area (Å²) in [5, 5.41) is 3.06. The third kappa shape index (κ3) is 4.39. The van der Waals surface area contributed by atoms with Crippen LogP contribution >= 0.6 is 11.6 Å². The molecule has 154 valence electrons. The number of ether oxygens (including phenoxy) is 2. The van der Waals surface area contributed by atoms with Crippen molar-refractivity contribution in [3.8, 4) is 16.9 Å². The van der Waals surface area contributed by atoms with E-state index in [-0.39, 0.29) is 12.2 Å². The average molecular weight is 430 g/mol. The molecule has 4 rings (SSSR count). The van der Waals surface area contributed by atoms with Crippen molar-refractivity contribution in [1.29, 1.82) is 0 Å². The molecule has 0 spiro atoms. The Labute approximate surface area is 177 Å². The molecule has 1 aliphatic heterocycles. The third-order valence-electron chi connectivity index (χ3n) is 4.78. The highest BCUT2D eigenvalue weighted by molar-refractivity contribution is 6.31. The molecule has 3 aromatic carbocycles. The second-order valence-corrected chi connectivity index (χ2v) is 7.36. The number of fused-ring (bicyclic) bond motifs is 1. The van der Waals surface area contributed by atoms with Gasteiger partial charge in [0.2, 0.25) is 0 Å². The first-order valence-corrected chi connectivity index (χ1v) is 9.77. The van der Waals surface area contributed by atoms with E-state index >= 15 is 0 Å². The summed E-state index contributed by atoms with van der Waals surface area (Å²) < 4.78 is 39.2. The van der Waals surface area contributed by atoms with Crippen LogP contribution in [0.1, 0.15) is 11.1 Å². The van der Waals surface area contributed by atoms with Crippen molar-refractivity contribution in [1.82, 2.24) is 5.32 Å². The molecule has 1 aliphatic rings. The van der Waals surface area contributed by atoms with Gasteiger partial charge in [-0.05, 0) is 23.8 Å². The van der Waals surface area contributed by atoms with Crippen LogP contribution in [-0.4, -0.2) is 18.8 Å². The Balaban J connectivity index is 1.42. The summed E-state index contributed by atoms with van der Waals surface area (Å²) >= 11 is 6.18. The first kappa shape index (κ1) is 20.2. The molecule has 0 bridgehead atoms. The minimum Gasteiger partial charge on any atom is -0.486 e. The van der Waals surface area contributed by atoms with Gasteiger partial charge in [-0.25, -0.2) is 13.6 Å². The van der Waals surface area contributed by atoms with Crippen LogP contribution in [0.3, 0.4) is 0 Å². The molecule has 1 atom stereocenters. The fourth-order valence-corrected chi connectivity index (χ4v) is 3.63. The maximum atomic E-state index is 14.3. The van der Waals surface area contributed by atoms with Gasteiger partial charge in [-0.2, -0.15) is 0 Å². The van der Waals surface area contributed by atoms with Crippen molar-refractivity contribution < 1.29 is 23.0 Å². The molecule has 1 heterocycles. The zero-order valence-corrected chi connectivity index (χ0v) is 16.6. The largest absolute Gasteiger partial charge is 0.486 e. The number of benzene rings is 3. The van der Waals surface area contributed by atoms with E-state index in [9.17, 15) is 13.6 Å². The lowest BCUT2D eigenvalue weighted by atomic mass is 10.00. The van der Waals surface area contributed by atoms with Crippen molar-refractivity contribution in [3.05, 3.63) is 88.4 Å². The topological polar surface area (TPSA) is 47.6 Å². The predicted octanol–water partition coefficient (Wildman–Crippen LogP) is 5.52. The van der Waals surface area contributed by atoms with Gasteiger partial charge in [0.25, 0.3) is 0 Å². The monoisotopic (exact) mass is 429 g/mol. The summed E-state index contributed by atoms with van der Waals surface area (Å²) in [4.78, 5) is 12.0. The molecule has 0 aliphatic carbocycles. The molecular weight excluding hydrogens is 412 g/mol.